The maximum Gasteiger partial charge on any atom is 0.417 e. The monoisotopic (exact) mass is 312 g/mol. The van der Waals surface area contributed by atoms with Gasteiger partial charge in [-0.2, -0.15) is 18.4 Å². The van der Waals surface area contributed by atoms with Gasteiger partial charge in [0.1, 0.15) is 5.82 Å². The van der Waals surface area contributed by atoms with Gasteiger partial charge >= 0.3 is 6.18 Å². The molecule has 0 radical (unpaired) electrons. The number of hydrogen-bond donors (Lipinski definition) is 0. The van der Waals surface area contributed by atoms with Gasteiger partial charge in [-0.05, 0) is 29.8 Å². The molecule has 0 amide bonds. The molecule has 0 bridgehead atoms. The van der Waals surface area contributed by atoms with Gasteiger partial charge in [-0.15, -0.1) is 11.8 Å². The number of hydrogen-bond acceptors (Lipinski definition) is 3. The van der Waals surface area contributed by atoms with Crippen molar-refractivity contribution >= 4 is 11.8 Å². The molecule has 2 rings (SSSR count). The van der Waals surface area contributed by atoms with Crippen LogP contribution in [-0.2, 0) is 11.9 Å². The lowest BCUT2D eigenvalue weighted by Gasteiger charge is -2.07. The molecular formula is C14H8F4N2S. The van der Waals surface area contributed by atoms with E-state index in [0.717, 1.165) is 30.1 Å². The lowest BCUT2D eigenvalue weighted by Crippen LogP contribution is -2.05. The van der Waals surface area contributed by atoms with Crippen LogP contribution in [0.2, 0.25) is 0 Å². The van der Waals surface area contributed by atoms with Gasteiger partial charge in [0.2, 0.25) is 0 Å². The molecule has 1 aromatic carbocycles. The zero-order valence-electron chi connectivity index (χ0n) is 10.5. The number of thioether (sulfide) groups is 1. The van der Waals surface area contributed by atoms with E-state index in [2.05, 4.69) is 4.98 Å². The summed E-state index contributed by atoms with van der Waals surface area (Å²) >= 11 is 1.12. The van der Waals surface area contributed by atoms with Crippen LogP contribution in [0.4, 0.5) is 17.6 Å². The van der Waals surface area contributed by atoms with Crippen molar-refractivity contribution in [1.82, 2.24) is 4.98 Å². The summed E-state index contributed by atoms with van der Waals surface area (Å²) in [6, 6.07) is 8.09. The highest BCUT2D eigenvalue weighted by atomic mass is 32.2. The van der Waals surface area contributed by atoms with Crippen molar-refractivity contribution in [2.45, 2.75) is 17.0 Å². The first-order valence-corrected chi connectivity index (χ1v) is 6.73. The highest BCUT2D eigenvalue weighted by Crippen LogP contribution is 2.30. The van der Waals surface area contributed by atoms with Gasteiger partial charge in [0.05, 0.1) is 22.2 Å². The van der Waals surface area contributed by atoms with E-state index >= 15 is 0 Å². The molecule has 7 heteroatoms. The van der Waals surface area contributed by atoms with E-state index in [1.54, 1.807) is 0 Å². The first kappa shape index (κ1) is 15.3. The van der Waals surface area contributed by atoms with Gasteiger partial charge in [0.15, 0.2) is 0 Å². The van der Waals surface area contributed by atoms with E-state index in [9.17, 15) is 17.6 Å². The first-order valence-electron chi connectivity index (χ1n) is 5.75. The number of alkyl halides is 3. The Bertz CT molecular complexity index is 675. The quantitative estimate of drug-likeness (QED) is 0.622. The van der Waals surface area contributed by atoms with Gasteiger partial charge in [0, 0.05) is 11.9 Å². The molecular weight excluding hydrogens is 304 g/mol. The van der Waals surface area contributed by atoms with Crippen LogP contribution >= 0.6 is 11.8 Å². The molecule has 2 nitrogen and oxygen atoms in total. The Morgan fingerprint density at radius 1 is 1.19 bits per heavy atom. The largest absolute Gasteiger partial charge is 0.417 e. The van der Waals surface area contributed by atoms with Crippen molar-refractivity contribution in [2.75, 3.05) is 0 Å². The third-order valence-electron chi connectivity index (χ3n) is 2.62. The predicted molar refractivity (Wildman–Crippen MR) is 69.9 cm³/mol. The SMILES string of the molecule is N#Cc1ccc(CSc2ccc(C(F)(F)F)cn2)c(F)c1. The second-order valence-electron chi connectivity index (χ2n) is 4.09. The molecule has 0 unspecified atom stereocenters. The summed E-state index contributed by atoms with van der Waals surface area (Å²) < 4.78 is 50.7. The predicted octanol–water partition coefficient (Wildman–Crippen LogP) is 4.40. The van der Waals surface area contributed by atoms with Crippen LogP contribution in [0.1, 0.15) is 16.7 Å². The molecule has 21 heavy (non-hydrogen) atoms. The van der Waals surface area contributed by atoms with Crippen molar-refractivity contribution in [1.29, 1.82) is 5.26 Å². The van der Waals surface area contributed by atoms with Crippen molar-refractivity contribution in [2.24, 2.45) is 0 Å². The number of benzene rings is 1. The standard InChI is InChI=1S/C14H8F4N2S/c15-12-5-9(6-19)1-2-10(12)8-21-13-4-3-11(7-20-13)14(16,17)18/h1-5,7H,8H2. The molecule has 0 saturated carbocycles. The van der Waals surface area contributed by atoms with Crippen molar-refractivity contribution < 1.29 is 17.6 Å². The molecule has 1 aromatic heterocycles. The highest BCUT2D eigenvalue weighted by molar-refractivity contribution is 7.98. The summed E-state index contributed by atoms with van der Waals surface area (Å²) in [4.78, 5) is 3.69. The Morgan fingerprint density at radius 2 is 1.95 bits per heavy atom. The number of rotatable bonds is 3. The Morgan fingerprint density at radius 3 is 2.48 bits per heavy atom. The van der Waals surface area contributed by atoms with Crippen LogP contribution in [0, 0.1) is 17.1 Å². The zero-order chi connectivity index (χ0) is 15.5. The van der Waals surface area contributed by atoms with Crippen LogP contribution in [0.5, 0.6) is 0 Å². The van der Waals surface area contributed by atoms with E-state index in [-0.39, 0.29) is 11.3 Å². The van der Waals surface area contributed by atoms with E-state index in [4.69, 9.17) is 5.26 Å². The minimum atomic E-state index is -4.42. The van der Waals surface area contributed by atoms with Crippen molar-refractivity contribution in [3.05, 3.63) is 59.0 Å². The molecule has 0 atom stereocenters. The summed E-state index contributed by atoms with van der Waals surface area (Å²) in [6.45, 7) is 0. The van der Waals surface area contributed by atoms with Crippen LogP contribution < -0.4 is 0 Å². The van der Waals surface area contributed by atoms with Crippen LogP contribution in [0.3, 0.4) is 0 Å². The van der Waals surface area contributed by atoms with Gasteiger partial charge < -0.3 is 0 Å². The molecule has 0 fully saturated rings. The third kappa shape index (κ3) is 3.95. The molecule has 0 N–H and O–H groups in total. The van der Waals surface area contributed by atoms with Crippen molar-refractivity contribution in [3.8, 4) is 6.07 Å². The average Bonchev–Trinajstić information content (AvgIpc) is 2.45. The van der Waals surface area contributed by atoms with Gasteiger partial charge in [-0.25, -0.2) is 9.37 Å². The minimum absolute atomic E-state index is 0.217. The first-order chi connectivity index (χ1) is 9.90. The molecule has 0 aliphatic heterocycles. The summed E-state index contributed by atoms with van der Waals surface area (Å²) in [5.41, 5.74) is -0.244. The second-order valence-corrected chi connectivity index (χ2v) is 5.09. The smallest absolute Gasteiger partial charge is 0.249 e. The molecule has 0 aliphatic carbocycles. The number of aromatic nitrogens is 1. The van der Waals surface area contributed by atoms with Crippen LogP contribution in [-0.4, -0.2) is 4.98 Å². The molecule has 1 heterocycles. The maximum atomic E-state index is 13.6. The second kappa shape index (κ2) is 6.14. The fourth-order valence-corrected chi connectivity index (χ4v) is 2.35. The number of pyridine rings is 1. The Balaban J connectivity index is 2.05. The van der Waals surface area contributed by atoms with Gasteiger partial charge in [0.25, 0.3) is 0 Å². The fraction of sp³-hybridized carbons (Fsp3) is 0.143. The zero-order valence-corrected chi connectivity index (χ0v) is 11.3. The van der Waals surface area contributed by atoms with Gasteiger partial charge in [-0.1, -0.05) is 6.07 Å². The third-order valence-corrected chi connectivity index (χ3v) is 3.61. The van der Waals surface area contributed by atoms with E-state index in [1.807, 2.05) is 6.07 Å². The van der Waals surface area contributed by atoms with E-state index < -0.39 is 17.6 Å². The average molecular weight is 312 g/mol. The Labute approximate surface area is 122 Å². The molecule has 108 valence electrons. The number of nitriles is 1. The summed E-state index contributed by atoms with van der Waals surface area (Å²) in [5, 5.41) is 9.00. The van der Waals surface area contributed by atoms with Crippen LogP contribution in [0.25, 0.3) is 0 Å². The van der Waals surface area contributed by atoms with Gasteiger partial charge in [-0.3, -0.25) is 0 Å². The normalized spacial score (nSPS) is 11.2. The van der Waals surface area contributed by atoms with E-state index in [1.165, 1.54) is 18.2 Å². The minimum Gasteiger partial charge on any atom is -0.249 e. The number of halogens is 4. The summed E-state index contributed by atoms with van der Waals surface area (Å²) in [6.07, 6.45) is -3.67. The summed E-state index contributed by atoms with van der Waals surface area (Å²) in [7, 11) is 0. The summed E-state index contributed by atoms with van der Waals surface area (Å²) in [5.74, 6) is -0.302. The lowest BCUT2D eigenvalue weighted by atomic mass is 10.1. The van der Waals surface area contributed by atoms with E-state index in [0.29, 0.717) is 10.6 Å². The highest BCUT2D eigenvalue weighted by Gasteiger charge is 2.30. The Hall–Kier alpha value is -2.07. The lowest BCUT2D eigenvalue weighted by molar-refractivity contribution is -0.137. The molecule has 2 aromatic rings. The molecule has 0 aliphatic rings. The topological polar surface area (TPSA) is 36.7 Å². The maximum absolute atomic E-state index is 13.6. The fourth-order valence-electron chi connectivity index (χ4n) is 1.52. The Kier molecular flexibility index (Phi) is 4.48. The molecule has 0 saturated heterocycles. The van der Waals surface area contributed by atoms with Crippen molar-refractivity contribution in [3.63, 3.8) is 0 Å². The number of nitrogens with zero attached hydrogens (tertiary/aromatic N) is 2. The molecule has 0 spiro atoms. The van der Waals surface area contributed by atoms with Crippen LogP contribution in [0.15, 0.2) is 41.6 Å².